The van der Waals surface area contributed by atoms with E-state index in [2.05, 4.69) is 78.6 Å². The second-order valence-corrected chi connectivity index (χ2v) is 26.1. The van der Waals surface area contributed by atoms with E-state index in [-0.39, 0.29) is 16.7 Å². The number of aryl methyl sites for hydroxylation is 6. The smallest absolute Gasteiger partial charge is 0.252 e. The highest BCUT2D eigenvalue weighted by Gasteiger charge is 2.41. The van der Waals surface area contributed by atoms with Crippen molar-refractivity contribution in [3.63, 3.8) is 0 Å². The maximum Gasteiger partial charge on any atom is 0.252 e. The molecule has 0 unspecified atom stereocenters. The van der Waals surface area contributed by atoms with Crippen LogP contribution in [0.5, 0.6) is 0 Å². The summed E-state index contributed by atoms with van der Waals surface area (Å²) in [5.74, 6) is 7.60. The van der Waals surface area contributed by atoms with Crippen molar-refractivity contribution in [3.8, 4) is 70.8 Å². The number of alkyl halides is 1. The number of nitrogens with two attached hydrogens (primary N) is 1. The highest BCUT2D eigenvalue weighted by atomic mass is 35.5. The summed E-state index contributed by atoms with van der Waals surface area (Å²) >= 11 is 25.8. The summed E-state index contributed by atoms with van der Waals surface area (Å²) in [7, 11) is 10.2. The van der Waals surface area contributed by atoms with Gasteiger partial charge >= 0.3 is 0 Å². The first-order valence-electron chi connectivity index (χ1n) is 31.8. The maximum absolute atomic E-state index is 12.7. The second-order valence-electron chi connectivity index (χ2n) is 24.2. The van der Waals surface area contributed by atoms with E-state index in [0.717, 1.165) is 11.1 Å². The van der Waals surface area contributed by atoms with Gasteiger partial charge in [-0.2, -0.15) is 0 Å². The van der Waals surface area contributed by atoms with Crippen LogP contribution in [-0.2, 0) is 58.3 Å². The van der Waals surface area contributed by atoms with E-state index in [4.69, 9.17) is 71.4 Å². The number of aliphatic hydroxyl groups is 1. The standard InChI is InChI=1S/C26H18Cl2N6O.C26H20ClN7O.C26H19ClN6O2/c2*1-4-19-6-5-7-22(31-19)20-13-24(35)33(2)25-21(20)12-17(14-29-25)26(28,23-15-30-32-34(23)3)16-8-10-18(27)11-9-16;1-4-19-6-5-7-22(30-19)20-13-24(34)32(2)25-21(20)12-17(14-28-25)26(35,23-15-29-31-33(23)3)16-8-10-18(27)11-9-16/h1,5-15H,2-3H3;1,5-15H,28H2,2-3H3;1,5-15,35H,2-3H3/t3*26-/m111/s1. The summed E-state index contributed by atoms with van der Waals surface area (Å²) in [6, 6.07) is 47.5. The molecule has 12 heterocycles. The second kappa shape index (κ2) is 28.7. The minimum Gasteiger partial charge on any atom is -0.374 e. The lowest BCUT2D eigenvalue weighted by Gasteiger charge is -2.30. The molecule has 27 heteroatoms. The summed E-state index contributed by atoms with van der Waals surface area (Å²) in [5.41, 5.74) is 15.5. The first-order valence-corrected chi connectivity index (χ1v) is 33.4. The molecule has 0 aliphatic heterocycles. The van der Waals surface area contributed by atoms with Gasteiger partial charge in [-0.05, 0) is 108 Å². The Balaban J connectivity index is 0.000000140. The summed E-state index contributed by atoms with van der Waals surface area (Å²) in [5, 5.41) is 40.2. The number of nitrogens with zero attached hydrogens (tertiary/aromatic N) is 18. The summed E-state index contributed by atoms with van der Waals surface area (Å²) in [6.45, 7) is 0. The van der Waals surface area contributed by atoms with Crippen LogP contribution in [0.25, 0.3) is 66.9 Å². The van der Waals surface area contributed by atoms with Crippen LogP contribution >= 0.6 is 46.4 Å². The van der Waals surface area contributed by atoms with Crippen LogP contribution in [0.3, 0.4) is 0 Å². The normalized spacial score (nSPS) is 12.9. The average molecular weight is 1470 g/mol. The molecule has 0 amide bonds. The number of terminal acetylenes is 3. The molecule has 3 N–H and O–H groups in total. The fourth-order valence-corrected chi connectivity index (χ4v) is 13.3. The van der Waals surface area contributed by atoms with Gasteiger partial charge in [0, 0.05) is 144 Å². The van der Waals surface area contributed by atoms with Gasteiger partial charge in [0.1, 0.15) is 44.4 Å². The van der Waals surface area contributed by atoms with Gasteiger partial charge in [-0.3, -0.25) is 28.1 Å². The molecule has 0 radical (unpaired) electrons. The Kier molecular flexibility index (Phi) is 19.3. The van der Waals surface area contributed by atoms with Crippen molar-refractivity contribution < 1.29 is 5.11 Å². The maximum atomic E-state index is 12.7. The highest BCUT2D eigenvalue weighted by molar-refractivity contribution is 6.31. The van der Waals surface area contributed by atoms with E-state index in [1.807, 2.05) is 42.5 Å². The predicted octanol–water partition coefficient (Wildman–Crippen LogP) is 10.3. The Morgan fingerprint density at radius 3 is 1.11 bits per heavy atom. The number of rotatable bonds is 12. The molecule has 0 bridgehead atoms. The van der Waals surface area contributed by atoms with Gasteiger partial charge in [0.25, 0.3) is 16.7 Å². The zero-order chi connectivity index (χ0) is 74.2. The topological polar surface area (TPSA) is 282 Å². The van der Waals surface area contributed by atoms with E-state index in [1.165, 1.54) is 42.8 Å². The van der Waals surface area contributed by atoms with Gasteiger partial charge in [-0.1, -0.05) is 123 Å². The van der Waals surface area contributed by atoms with Gasteiger partial charge in [0.2, 0.25) is 0 Å². The molecule has 0 fully saturated rings. The van der Waals surface area contributed by atoms with Crippen molar-refractivity contribution in [2.75, 3.05) is 0 Å². The van der Waals surface area contributed by atoms with E-state index < -0.39 is 16.0 Å². The number of benzene rings is 3. The lowest BCUT2D eigenvalue weighted by atomic mass is 9.81. The number of hydrogen-bond acceptors (Lipinski definition) is 17. The largest absolute Gasteiger partial charge is 0.374 e. The van der Waals surface area contributed by atoms with Gasteiger partial charge < -0.3 is 10.8 Å². The third-order valence-electron chi connectivity index (χ3n) is 18.1. The third kappa shape index (κ3) is 13.1. The fourth-order valence-electron chi connectivity index (χ4n) is 12.5. The fraction of sp³-hybridized carbons (Fsp3) is 0.115. The van der Waals surface area contributed by atoms with Gasteiger partial charge in [-0.25, -0.2) is 43.9 Å². The first-order chi connectivity index (χ1) is 50.5. The highest BCUT2D eigenvalue weighted by Crippen LogP contribution is 2.45. The average Bonchev–Trinajstić information content (AvgIpc) is 1.64. The number of hydrogen-bond donors (Lipinski definition) is 2. The number of pyridine rings is 9. The van der Waals surface area contributed by atoms with E-state index in [1.54, 1.807) is 186 Å². The van der Waals surface area contributed by atoms with E-state index >= 15 is 0 Å². The van der Waals surface area contributed by atoms with Crippen molar-refractivity contribution in [2.24, 2.45) is 48.0 Å². The molecular formula is C78H57Cl4N19O4. The molecular weight excluding hydrogens is 1410 g/mol. The predicted molar refractivity (Wildman–Crippen MR) is 404 cm³/mol. The Labute approximate surface area is 618 Å². The van der Waals surface area contributed by atoms with Crippen molar-refractivity contribution in [1.82, 2.24) is 88.6 Å². The first kappa shape index (κ1) is 70.8. The third-order valence-corrected chi connectivity index (χ3v) is 19.5. The number of aromatic nitrogens is 18. The van der Waals surface area contributed by atoms with Crippen molar-refractivity contribution >= 4 is 79.5 Å². The van der Waals surface area contributed by atoms with Crippen LogP contribution in [0.4, 0.5) is 0 Å². The molecule has 3 atom stereocenters. The monoisotopic (exact) mass is 1460 g/mol. The molecule has 516 valence electrons. The minimum atomic E-state index is -1.66. The van der Waals surface area contributed by atoms with E-state index in [0.29, 0.717) is 138 Å². The summed E-state index contributed by atoms with van der Waals surface area (Å²) < 4.78 is 9.15. The summed E-state index contributed by atoms with van der Waals surface area (Å²) in [4.78, 5) is 64.4. The van der Waals surface area contributed by atoms with Gasteiger partial charge in [0.05, 0.1) is 52.8 Å². The molecule has 15 rings (SSSR count). The minimum absolute atomic E-state index is 0.215. The molecule has 15 aromatic rings. The summed E-state index contributed by atoms with van der Waals surface area (Å²) in [6.07, 6.45) is 26.3. The molecule has 0 saturated heterocycles. The van der Waals surface area contributed by atoms with Crippen molar-refractivity contribution in [1.29, 1.82) is 0 Å². The van der Waals surface area contributed by atoms with Crippen LogP contribution in [0, 0.1) is 37.0 Å². The molecule has 105 heavy (non-hydrogen) atoms. The number of halogens is 4. The van der Waals surface area contributed by atoms with Crippen LogP contribution in [-0.4, -0.2) is 93.7 Å². The Morgan fingerprint density at radius 1 is 0.400 bits per heavy atom. The van der Waals surface area contributed by atoms with Gasteiger partial charge in [-0.15, -0.1) is 46.2 Å². The zero-order valence-corrected chi connectivity index (χ0v) is 59.6. The quantitative estimate of drug-likeness (QED) is 0.0849. The molecule has 23 nitrogen and oxygen atoms in total. The lowest BCUT2D eigenvalue weighted by Crippen LogP contribution is -2.41. The van der Waals surface area contributed by atoms with Crippen LogP contribution < -0.4 is 22.4 Å². The van der Waals surface area contributed by atoms with Gasteiger partial charge in [0.15, 0.2) is 5.60 Å². The molecule has 12 aromatic heterocycles. The van der Waals surface area contributed by atoms with Crippen LogP contribution in [0.2, 0.25) is 15.1 Å². The lowest BCUT2D eigenvalue weighted by molar-refractivity contribution is 0.116. The zero-order valence-electron chi connectivity index (χ0n) is 56.6. The van der Waals surface area contributed by atoms with Crippen molar-refractivity contribution in [2.45, 2.75) is 16.0 Å². The van der Waals surface area contributed by atoms with Crippen LogP contribution in [0.15, 0.2) is 215 Å². The molecule has 0 spiro atoms. The SMILES string of the molecule is C#Cc1cccc(-c2cc(=O)n(C)c3ncc([C@](Cl)(c4ccc(Cl)cc4)c4cnnn4C)cc23)n1.C#Cc1cccc(-c2cc(=O)n(C)c3ncc([C@](N)(c4ccc(Cl)cc4)c4cnnn4C)cc23)n1.C#Cc1cccc(-c2cc(=O)n(C)c3ncc([C@](O)(c4ccc(Cl)cc4)c4cnnn4C)cc23)n1. The molecule has 0 aliphatic rings. The van der Waals surface area contributed by atoms with E-state index in [9.17, 15) is 19.5 Å². The van der Waals surface area contributed by atoms with Crippen LogP contribution in [0.1, 0.15) is 67.5 Å². The molecule has 0 saturated carbocycles. The Hall–Kier alpha value is -12.6. The Morgan fingerprint density at radius 2 is 0.733 bits per heavy atom. The number of fused-ring (bicyclic) bond motifs is 3. The molecule has 3 aromatic carbocycles. The molecule has 0 aliphatic carbocycles. The van der Waals surface area contributed by atoms with Crippen molar-refractivity contribution in [3.05, 3.63) is 315 Å². The Bertz CT molecular complexity index is 5650.